The molecule has 0 aromatic heterocycles. The van der Waals surface area contributed by atoms with Gasteiger partial charge in [-0.05, 0) is 18.9 Å². The van der Waals surface area contributed by atoms with E-state index in [1.807, 2.05) is 0 Å². The Morgan fingerprint density at radius 2 is 1.51 bits per heavy atom. The summed E-state index contributed by atoms with van der Waals surface area (Å²) < 4.78 is 112. The fourth-order valence-corrected chi connectivity index (χ4v) is 3.44. The first-order valence-electron chi connectivity index (χ1n) is 10.3. The lowest BCUT2D eigenvalue weighted by Gasteiger charge is -2.35. The van der Waals surface area contributed by atoms with Crippen LogP contribution in [0.3, 0.4) is 0 Å². The van der Waals surface area contributed by atoms with Crippen LogP contribution in [0.2, 0.25) is 0 Å². The average Bonchev–Trinajstić information content (AvgIpc) is 3.53. The Kier molecular flexibility index (Phi) is 7.39. The zero-order chi connectivity index (χ0) is 26.2. The molecule has 0 spiro atoms. The van der Waals surface area contributed by atoms with Crippen molar-refractivity contribution in [1.29, 1.82) is 0 Å². The SMILES string of the molecule is O=C(OC(C(F)(F)F)C(F)(F)F)N1CCN(Cc2cc(F)c(F)cc2OCC2(C(=O)O)CC2)CC1. The van der Waals surface area contributed by atoms with E-state index in [0.29, 0.717) is 17.7 Å². The van der Waals surface area contributed by atoms with Crippen LogP contribution in [-0.4, -0.2) is 78.2 Å². The summed E-state index contributed by atoms with van der Waals surface area (Å²) in [6, 6.07) is 1.62. The van der Waals surface area contributed by atoms with Crippen LogP contribution in [-0.2, 0) is 16.1 Å². The molecule has 1 aromatic carbocycles. The molecule has 1 aliphatic carbocycles. The molecule has 1 heterocycles. The standard InChI is InChI=1S/C20H20F8N2O5/c21-12-7-11(14(8-13(12)22)34-10-18(1-2-18)16(31)32)9-29-3-5-30(6-4-29)17(33)35-15(19(23,24)25)20(26,27)28/h7-8,15H,1-6,9-10H2,(H,31,32). The van der Waals surface area contributed by atoms with E-state index in [0.717, 1.165) is 12.1 Å². The van der Waals surface area contributed by atoms with Gasteiger partial charge in [0.25, 0.3) is 6.10 Å². The van der Waals surface area contributed by atoms with Crippen molar-refractivity contribution in [3.63, 3.8) is 0 Å². The largest absolute Gasteiger partial charge is 0.492 e. The minimum Gasteiger partial charge on any atom is -0.492 e. The molecular formula is C20H20F8N2O5. The molecule has 0 bridgehead atoms. The summed E-state index contributed by atoms with van der Waals surface area (Å²) in [5.74, 6) is -3.60. The summed E-state index contributed by atoms with van der Waals surface area (Å²) in [6.45, 7) is -0.972. The Labute approximate surface area is 193 Å². The second-order valence-electron chi connectivity index (χ2n) is 8.36. The number of carboxylic acid groups (broad SMARTS) is 1. The van der Waals surface area contributed by atoms with Crippen LogP contribution >= 0.6 is 0 Å². The number of halogens is 8. The molecule has 35 heavy (non-hydrogen) atoms. The maximum Gasteiger partial charge on any atom is 0.434 e. The molecule has 1 aliphatic heterocycles. The van der Waals surface area contributed by atoms with Crippen molar-refractivity contribution in [1.82, 2.24) is 9.80 Å². The Hall–Kier alpha value is -2.84. The summed E-state index contributed by atoms with van der Waals surface area (Å²) in [5.41, 5.74) is -0.950. The third-order valence-corrected chi connectivity index (χ3v) is 5.75. The van der Waals surface area contributed by atoms with E-state index in [-0.39, 0.29) is 50.6 Å². The minimum atomic E-state index is -5.83. The summed E-state index contributed by atoms with van der Waals surface area (Å²) in [7, 11) is 0. The first kappa shape index (κ1) is 26.8. The van der Waals surface area contributed by atoms with Crippen LogP contribution in [0.15, 0.2) is 12.1 Å². The molecule has 0 radical (unpaired) electrons. The summed E-state index contributed by atoms with van der Waals surface area (Å²) in [4.78, 5) is 25.4. The van der Waals surface area contributed by atoms with Gasteiger partial charge in [-0.2, -0.15) is 26.3 Å². The highest BCUT2D eigenvalue weighted by Crippen LogP contribution is 2.46. The van der Waals surface area contributed by atoms with Gasteiger partial charge in [-0.1, -0.05) is 0 Å². The van der Waals surface area contributed by atoms with Crippen LogP contribution in [0.4, 0.5) is 39.9 Å². The van der Waals surface area contributed by atoms with Gasteiger partial charge in [-0.15, -0.1) is 0 Å². The highest BCUT2D eigenvalue weighted by Gasteiger charge is 2.60. The Balaban J connectivity index is 1.61. The number of carbonyl (C=O) groups excluding carboxylic acids is 1. The number of alkyl halides is 6. The van der Waals surface area contributed by atoms with E-state index in [9.17, 15) is 49.8 Å². The predicted octanol–water partition coefficient (Wildman–Crippen LogP) is 3.96. The zero-order valence-corrected chi connectivity index (χ0v) is 17.9. The minimum absolute atomic E-state index is 0.0324. The number of carbonyl (C=O) groups is 2. The molecular weight excluding hydrogens is 500 g/mol. The van der Waals surface area contributed by atoms with E-state index < -0.39 is 47.6 Å². The molecule has 0 unspecified atom stereocenters. The van der Waals surface area contributed by atoms with E-state index >= 15 is 0 Å². The van der Waals surface area contributed by atoms with Crippen LogP contribution in [0, 0.1) is 17.0 Å². The molecule has 15 heteroatoms. The van der Waals surface area contributed by atoms with Gasteiger partial charge in [0.2, 0.25) is 0 Å². The van der Waals surface area contributed by atoms with E-state index in [2.05, 4.69) is 4.74 Å². The van der Waals surface area contributed by atoms with E-state index in [1.54, 1.807) is 4.90 Å². The molecule has 1 saturated carbocycles. The Morgan fingerprint density at radius 3 is 2.00 bits per heavy atom. The van der Waals surface area contributed by atoms with Gasteiger partial charge in [0.1, 0.15) is 17.8 Å². The number of aliphatic carboxylic acids is 1. The number of ether oxygens (including phenoxy) is 2. The van der Waals surface area contributed by atoms with Gasteiger partial charge in [0.15, 0.2) is 11.6 Å². The number of nitrogens with zero attached hydrogens (tertiary/aromatic N) is 2. The fraction of sp³-hybridized carbons (Fsp3) is 0.600. The van der Waals surface area contributed by atoms with Gasteiger partial charge in [-0.3, -0.25) is 9.69 Å². The Morgan fingerprint density at radius 1 is 0.971 bits per heavy atom. The second kappa shape index (κ2) is 9.66. The predicted molar refractivity (Wildman–Crippen MR) is 100 cm³/mol. The molecule has 2 fully saturated rings. The summed E-state index contributed by atoms with van der Waals surface area (Å²) in [6.07, 6.45) is -17.0. The number of hydrogen-bond donors (Lipinski definition) is 1. The maximum atomic E-state index is 13.8. The normalized spacial score (nSPS) is 18.5. The second-order valence-corrected chi connectivity index (χ2v) is 8.36. The van der Waals surface area contributed by atoms with Crippen LogP contribution in [0.1, 0.15) is 18.4 Å². The number of rotatable bonds is 7. The lowest BCUT2D eigenvalue weighted by molar-refractivity contribution is -0.308. The van der Waals surface area contributed by atoms with Crippen molar-refractivity contribution in [2.75, 3.05) is 32.8 Å². The van der Waals surface area contributed by atoms with Gasteiger partial charge in [0, 0.05) is 44.4 Å². The number of piperazine rings is 1. The number of amides is 1. The Bertz CT molecular complexity index is 942. The molecule has 1 aromatic rings. The fourth-order valence-electron chi connectivity index (χ4n) is 3.44. The molecule has 1 amide bonds. The van der Waals surface area contributed by atoms with Gasteiger partial charge < -0.3 is 19.5 Å². The molecule has 7 nitrogen and oxygen atoms in total. The van der Waals surface area contributed by atoms with Crippen molar-refractivity contribution >= 4 is 12.1 Å². The first-order valence-corrected chi connectivity index (χ1v) is 10.3. The highest BCUT2D eigenvalue weighted by atomic mass is 19.4. The number of hydrogen-bond acceptors (Lipinski definition) is 5. The topological polar surface area (TPSA) is 79.3 Å². The van der Waals surface area contributed by atoms with Crippen molar-refractivity contribution in [3.8, 4) is 5.75 Å². The molecule has 0 atom stereocenters. The molecule has 196 valence electrons. The zero-order valence-electron chi connectivity index (χ0n) is 17.9. The maximum absolute atomic E-state index is 13.8. The molecule has 3 rings (SSSR count). The third kappa shape index (κ3) is 6.44. The highest BCUT2D eigenvalue weighted by molar-refractivity contribution is 5.78. The molecule has 1 N–H and O–H groups in total. The number of carboxylic acids is 1. The van der Waals surface area contributed by atoms with Gasteiger partial charge in [-0.25, -0.2) is 13.6 Å². The van der Waals surface area contributed by atoms with Crippen molar-refractivity contribution in [2.24, 2.45) is 5.41 Å². The number of benzene rings is 1. The molecule has 2 aliphatic rings. The average molecular weight is 520 g/mol. The van der Waals surface area contributed by atoms with Crippen LogP contribution in [0.25, 0.3) is 0 Å². The van der Waals surface area contributed by atoms with Gasteiger partial charge >= 0.3 is 24.4 Å². The third-order valence-electron chi connectivity index (χ3n) is 5.75. The summed E-state index contributed by atoms with van der Waals surface area (Å²) in [5, 5.41) is 9.23. The van der Waals surface area contributed by atoms with Crippen LogP contribution < -0.4 is 4.74 Å². The van der Waals surface area contributed by atoms with E-state index in [1.165, 1.54) is 0 Å². The van der Waals surface area contributed by atoms with Crippen molar-refractivity contribution in [2.45, 2.75) is 37.8 Å². The van der Waals surface area contributed by atoms with Crippen LogP contribution in [0.5, 0.6) is 5.75 Å². The lowest BCUT2D eigenvalue weighted by atomic mass is 10.1. The van der Waals surface area contributed by atoms with Crippen molar-refractivity contribution < 1.29 is 59.3 Å². The quantitative estimate of drug-likeness (QED) is 0.549. The molecule has 1 saturated heterocycles. The van der Waals surface area contributed by atoms with Gasteiger partial charge in [0.05, 0.1) is 0 Å². The summed E-state index contributed by atoms with van der Waals surface area (Å²) >= 11 is 0. The lowest BCUT2D eigenvalue weighted by Crippen LogP contribution is -2.52. The monoisotopic (exact) mass is 520 g/mol. The van der Waals surface area contributed by atoms with E-state index in [4.69, 9.17) is 4.74 Å². The first-order chi connectivity index (χ1) is 16.1. The van der Waals surface area contributed by atoms with Crippen molar-refractivity contribution in [3.05, 3.63) is 29.3 Å². The smallest absolute Gasteiger partial charge is 0.434 e.